The maximum atomic E-state index is 13.1. The first-order valence-electron chi connectivity index (χ1n) is 40.7. The average Bonchev–Trinajstić information content (AvgIpc) is 0.901. The van der Waals surface area contributed by atoms with Gasteiger partial charge >= 0.3 is 39.5 Å². The van der Waals surface area contributed by atoms with Crippen LogP contribution in [0.4, 0.5) is 0 Å². The smallest absolute Gasteiger partial charge is 0.462 e. The van der Waals surface area contributed by atoms with Gasteiger partial charge in [0.05, 0.1) is 26.4 Å². The van der Waals surface area contributed by atoms with Gasteiger partial charge in [0.2, 0.25) is 0 Å². The molecule has 19 heteroatoms. The van der Waals surface area contributed by atoms with Crippen LogP contribution in [-0.4, -0.2) is 96.7 Å². The van der Waals surface area contributed by atoms with E-state index in [1.54, 1.807) is 0 Å². The maximum Gasteiger partial charge on any atom is 0.472 e. The van der Waals surface area contributed by atoms with E-state index >= 15 is 0 Å². The predicted molar refractivity (Wildman–Crippen MR) is 436 cm³/mol. The molecule has 0 bridgehead atoms. The highest BCUT2D eigenvalue weighted by Crippen LogP contribution is 2.45. The van der Waals surface area contributed by atoms with Crippen molar-refractivity contribution in [2.75, 3.05) is 39.6 Å². The van der Waals surface area contributed by atoms with Gasteiger partial charge in [-0.15, -0.1) is 0 Å². The normalized spacial score (nSPS) is 14.7. The summed E-state index contributed by atoms with van der Waals surface area (Å²) in [6.45, 7) is 4.54. The highest BCUT2D eigenvalue weighted by Gasteiger charge is 2.30. The molecule has 0 fully saturated rings. The van der Waals surface area contributed by atoms with Gasteiger partial charge in [0.15, 0.2) is 12.2 Å². The third-order valence-corrected chi connectivity index (χ3v) is 18.4. The number of phosphoric acid groups is 2. The van der Waals surface area contributed by atoms with E-state index in [4.69, 9.17) is 37.0 Å². The molecule has 604 valence electrons. The SMILES string of the molecule is CC/C=C\C/C=C\C/C=C\C/C=C\C/C=C\CCCCCC(=O)O[C@H](COC(=O)CCC/C=C\C/C=C\C/C=C\C/C=C\CCCCC)COP(=O)(O)OC[C@@H](O)COP(=O)(O)OC[C@@H](COC(=O)CCC/C=C\C/C=C\C/C=C\C/C=C\CCCCC)OC(=O)CCCCCCCCCCCCCCC. The Morgan fingerprint density at radius 2 is 0.500 bits per heavy atom. The Hall–Kier alpha value is -5.32. The van der Waals surface area contributed by atoms with Crippen LogP contribution in [0.2, 0.25) is 0 Å². The Bertz CT molecular complexity index is 2630. The number of phosphoric ester groups is 2. The average molecular weight is 1520 g/mol. The van der Waals surface area contributed by atoms with Gasteiger partial charge < -0.3 is 33.8 Å². The quantitative estimate of drug-likeness (QED) is 0.0169. The molecule has 0 saturated heterocycles. The molecule has 0 heterocycles. The molecule has 0 aliphatic rings. The largest absolute Gasteiger partial charge is 0.472 e. The van der Waals surface area contributed by atoms with Crippen LogP contribution in [0.1, 0.15) is 310 Å². The molecule has 0 aromatic rings. The molecule has 2 unspecified atom stereocenters. The Kier molecular flexibility index (Phi) is 73.9. The van der Waals surface area contributed by atoms with Crippen LogP contribution in [0.3, 0.4) is 0 Å². The van der Waals surface area contributed by atoms with E-state index < -0.39 is 97.5 Å². The van der Waals surface area contributed by atoms with Gasteiger partial charge in [0.25, 0.3) is 0 Å². The highest BCUT2D eigenvalue weighted by molar-refractivity contribution is 7.47. The lowest BCUT2D eigenvalue weighted by molar-refractivity contribution is -0.161. The van der Waals surface area contributed by atoms with E-state index in [1.165, 1.54) is 89.9 Å². The lowest BCUT2D eigenvalue weighted by Crippen LogP contribution is -2.30. The molecule has 0 aliphatic heterocycles. The summed E-state index contributed by atoms with van der Waals surface area (Å²) in [6, 6.07) is 0. The number of esters is 4. The number of allylic oxidation sites excluding steroid dienone is 26. The summed E-state index contributed by atoms with van der Waals surface area (Å²) in [5, 5.41) is 10.6. The summed E-state index contributed by atoms with van der Waals surface area (Å²) in [4.78, 5) is 73.0. The molecule has 17 nitrogen and oxygen atoms in total. The summed E-state index contributed by atoms with van der Waals surface area (Å²) in [5.41, 5.74) is 0. The zero-order valence-corrected chi connectivity index (χ0v) is 67.8. The number of hydrogen-bond acceptors (Lipinski definition) is 15. The van der Waals surface area contributed by atoms with Crippen molar-refractivity contribution in [1.82, 2.24) is 0 Å². The van der Waals surface area contributed by atoms with Crippen LogP contribution in [-0.2, 0) is 65.4 Å². The lowest BCUT2D eigenvalue weighted by atomic mass is 10.0. The Balaban J connectivity index is 5.50. The molecule has 0 aromatic carbocycles. The standard InChI is InChI=1S/C87H144O17P2/c1-5-9-13-17-21-25-29-33-36-39-40-43-46-50-54-58-62-66-70-74-87(92)104-83(78-98-85(90)72-68-64-60-56-52-49-45-42-38-35-31-27-23-19-15-11-7-3)80-102-106(95,96)100-76-81(88)75-99-105(93,94)101-79-82(103-86(91)73-69-65-61-57-53-47-32-28-24-20-16-12-8-4)77-97-84(89)71-67-63-59-55-51-48-44-41-37-34-30-26-22-18-14-10-6-2/h9,13,21-23,25-27,33-38,40,43-45,48-50,54-56,59-60,81-83,88H,5-8,10-12,14-20,24,28-32,39,41-42,46-47,51-53,57-58,61-80H2,1-4H3,(H,93,94)(H,95,96)/b13-9-,25-21-,26-22-,27-23-,36-33-,37-34-,38-35-,43-40-,48-44-,49-45-,54-50-,59-55-,60-56-/t81-,82+,83+/m0/s1. The number of aliphatic hydroxyl groups is 1. The Morgan fingerprint density at radius 3 is 0.802 bits per heavy atom. The Morgan fingerprint density at radius 1 is 0.274 bits per heavy atom. The molecule has 5 atom stereocenters. The van der Waals surface area contributed by atoms with Crippen LogP contribution in [0, 0.1) is 0 Å². The second kappa shape index (κ2) is 77.8. The minimum atomic E-state index is -5.01. The first-order chi connectivity index (χ1) is 51.7. The van der Waals surface area contributed by atoms with Crippen LogP contribution < -0.4 is 0 Å². The van der Waals surface area contributed by atoms with Crippen molar-refractivity contribution >= 4 is 39.5 Å². The van der Waals surface area contributed by atoms with E-state index in [0.29, 0.717) is 38.5 Å². The van der Waals surface area contributed by atoms with Crippen molar-refractivity contribution < 1.29 is 80.2 Å². The van der Waals surface area contributed by atoms with Crippen molar-refractivity contribution in [3.63, 3.8) is 0 Å². The monoisotopic (exact) mass is 1520 g/mol. The molecule has 0 radical (unpaired) electrons. The molecule has 0 amide bonds. The second-order valence-corrected chi connectivity index (χ2v) is 29.5. The molecule has 0 spiro atoms. The second-order valence-electron chi connectivity index (χ2n) is 26.6. The summed E-state index contributed by atoms with van der Waals surface area (Å²) in [7, 11) is -10.0. The topological polar surface area (TPSA) is 237 Å². The minimum absolute atomic E-state index is 0.0379. The van der Waals surface area contributed by atoms with Crippen molar-refractivity contribution in [3.8, 4) is 0 Å². The molecule has 0 aromatic heterocycles. The molecule has 3 N–H and O–H groups in total. The van der Waals surface area contributed by atoms with E-state index in [1.807, 2.05) is 24.3 Å². The van der Waals surface area contributed by atoms with E-state index in [-0.39, 0.29) is 25.7 Å². The van der Waals surface area contributed by atoms with Gasteiger partial charge in [0.1, 0.15) is 19.3 Å². The fraction of sp³-hybridized carbons (Fsp3) is 0.655. The number of carbonyl (C=O) groups is 4. The lowest BCUT2D eigenvalue weighted by Gasteiger charge is -2.21. The minimum Gasteiger partial charge on any atom is -0.462 e. The molecule has 0 aliphatic carbocycles. The molecular weight excluding hydrogens is 1380 g/mol. The number of rotatable bonds is 75. The Labute approximate surface area is 642 Å². The van der Waals surface area contributed by atoms with Crippen LogP contribution in [0.5, 0.6) is 0 Å². The van der Waals surface area contributed by atoms with Crippen LogP contribution in [0.25, 0.3) is 0 Å². The molecule has 0 rings (SSSR count). The number of carbonyl (C=O) groups excluding carboxylic acids is 4. The number of aliphatic hydroxyl groups excluding tert-OH is 1. The summed E-state index contributed by atoms with van der Waals surface area (Å²) < 4.78 is 68.5. The van der Waals surface area contributed by atoms with Crippen molar-refractivity contribution in [1.29, 1.82) is 0 Å². The van der Waals surface area contributed by atoms with Crippen molar-refractivity contribution in [2.45, 2.75) is 329 Å². The number of hydrogen-bond donors (Lipinski definition) is 3. The van der Waals surface area contributed by atoms with Gasteiger partial charge in [-0.3, -0.25) is 37.3 Å². The van der Waals surface area contributed by atoms with E-state index in [0.717, 1.165) is 128 Å². The van der Waals surface area contributed by atoms with Crippen LogP contribution >= 0.6 is 15.6 Å². The zero-order chi connectivity index (χ0) is 77.4. The number of ether oxygens (including phenoxy) is 4. The predicted octanol–water partition coefficient (Wildman–Crippen LogP) is 24.0. The summed E-state index contributed by atoms with van der Waals surface area (Å²) in [6.07, 6.45) is 90.9. The van der Waals surface area contributed by atoms with Gasteiger partial charge in [-0.25, -0.2) is 9.13 Å². The number of unbranched alkanes of at least 4 members (excludes halogenated alkanes) is 23. The third kappa shape index (κ3) is 76.9. The zero-order valence-electron chi connectivity index (χ0n) is 66.1. The van der Waals surface area contributed by atoms with Crippen molar-refractivity contribution in [3.05, 3.63) is 158 Å². The third-order valence-electron chi connectivity index (χ3n) is 16.5. The molecule has 0 saturated carbocycles. The van der Waals surface area contributed by atoms with Gasteiger partial charge in [-0.1, -0.05) is 295 Å². The first-order valence-corrected chi connectivity index (χ1v) is 43.7. The maximum absolute atomic E-state index is 13.1. The summed E-state index contributed by atoms with van der Waals surface area (Å²) >= 11 is 0. The van der Waals surface area contributed by atoms with E-state index in [9.17, 15) is 43.2 Å². The molecule has 106 heavy (non-hydrogen) atoms. The highest BCUT2D eigenvalue weighted by atomic mass is 31.2. The van der Waals surface area contributed by atoms with Crippen molar-refractivity contribution in [2.24, 2.45) is 0 Å². The van der Waals surface area contributed by atoms with Gasteiger partial charge in [-0.05, 0) is 148 Å². The van der Waals surface area contributed by atoms with Crippen LogP contribution in [0.15, 0.2) is 158 Å². The fourth-order valence-electron chi connectivity index (χ4n) is 10.3. The molecular formula is C87H144O17P2. The summed E-state index contributed by atoms with van der Waals surface area (Å²) in [5.74, 6) is -2.35. The van der Waals surface area contributed by atoms with Gasteiger partial charge in [0, 0.05) is 25.7 Å². The first kappa shape index (κ1) is 101. The fourth-order valence-corrected chi connectivity index (χ4v) is 11.9. The van der Waals surface area contributed by atoms with Gasteiger partial charge in [-0.2, -0.15) is 0 Å². The van der Waals surface area contributed by atoms with E-state index in [2.05, 4.69) is 161 Å².